The van der Waals surface area contributed by atoms with Gasteiger partial charge in [0.05, 0.1) is 31.5 Å². The number of ether oxygens (including phenoxy) is 3. The first-order chi connectivity index (χ1) is 28.0. The molecule has 1 N–H and O–H groups in total. The number of benzene rings is 2. The smallest absolute Gasteiger partial charge is 0.417 e. The van der Waals surface area contributed by atoms with Gasteiger partial charge in [0.2, 0.25) is 0 Å². The van der Waals surface area contributed by atoms with Crippen LogP contribution in [0.3, 0.4) is 0 Å². The van der Waals surface area contributed by atoms with E-state index in [2.05, 4.69) is 15.3 Å². The number of carbonyl (C=O) groups is 2. The third-order valence-electron chi connectivity index (χ3n) is 11.4. The van der Waals surface area contributed by atoms with Crippen LogP contribution in [0.25, 0.3) is 32.1 Å². The summed E-state index contributed by atoms with van der Waals surface area (Å²) in [6, 6.07) is 1.80. The molecule has 4 aliphatic heterocycles. The van der Waals surface area contributed by atoms with Gasteiger partial charge in [-0.1, -0.05) is 6.07 Å². The lowest BCUT2D eigenvalue weighted by Gasteiger charge is -2.42. The molecule has 2 bridgehead atoms. The van der Waals surface area contributed by atoms with Crippen molar-refractivity contribution in [3.05, 3.63) is 39.0 Å². The van der Waals surface area contributed by atoms with Gasteiger partial charge in [-0.3, -0.25) is 15.1 Å². The van der Waals surface area contributed by atoms with Crippen LogP contribution in [0.4, 0.5) is 46.8 Å². The molecule has 324 valence electrons. The van der Waals surface area contributed by atoms with Crippen molar-refractivity contribution < 1.29 is 50.1 Å². The number of halogens is 7. The summed E-state index contributed by atoms with van der Waals surface area (Å²) in [5.41, 5.74) is -5.24. The van der Waals surface area contributed by atoms with Crippen molar-refractivity contribution in [1.82, 2.24) is 19.8 Å². The standard InChI is InChI=1S/C41H45F6IN6O5S/c1-38(2,3)58-36(55)51-34-30(48)28-23(10-11-26(43)32(28)60-34)27-25(41(45,46)47)14-24-31(29(27)44)49-35(57-19-40-12-7-13-53(40)16-20(42)15-40)50-33(24)52-17-21-8-9-22(18-52)54(21)37(56)59-39(4,5)6/h10-11,14,20-22H,7-9,12-13,15-19H2,1-6H3,(H,51,55)/t20-,21?,22?,40+/m1/s1. The average molecular weight is 975 g/mol. The molecular formula is C41H45F6IN6O5S. The maximum atomic E-state index is 17.6. The van der Waals surface area contributed by atoms with Crippen LogP contribution in [0.15, 0.2) is 18.2 Å². The van der Waals surface area contributed by atoms with Crippen molar-refractivity contribution in [3.8, 4) is 17.1 Å². The predicted molar refractivity (Wildman–Crippen MR) is 223 cm³/mol. The Morgan fingerprint density at radius 2 is 1.68 bits per heavy atom. The SMILES string of the molecule is CC(C)(C)OC(=O)Nc1sc2c(F)ccc(-c3c(C(F)(F)F)cc4c(N5CC6CCC(C5)N6C(=O)OC(C)(C)C)nc(OC[C@@]56CCCN5C[C@H](F)C6)nc4c3F)c2c1I. The second kappa shape index (κ2) is 15.2. The first-order valence-corrected chi connectivity index (χ1v) is 21.7. The van der Waals surface area contributed by atoms with E-state index < -0.39 is 69.6 Å². The Hall–Kier alpha value is -3.85. The number of alkyl halides is 4. The van der Waals surface area contributed by atoms with E-state index in [0.717, 1.165) is 36.0 Å². The minimum Gasteiger partial charge on any atom is -0.461 e. The molecule has 8 rings (SSSR count). The van der Waals surface area contributed by atoms with Crippen LogP contribution in [0.5, 0.6) is 6.01 Å². The van der Waals surface area contributed by atoms with Gasteiger partial charge < -0.3 is 19.1 Å². The highest BCUT2D eigenvalue weighted by Gasteiger charge is 2.50. The highest BCUT2D eigenvalue weighted by atomic mass is 127. The zero-order chi connectivity index (χ0) is 43.3. The van der Waals surface area contributed by atoms with E-state index in [9.17, 15) is 14.0 Å². The summed E-state index contributed by atoms with van der Waals surface area (Å²) < 4.78 is 111. The van der Waals surface area contributed by atoms with Crippen LogP contribution in [0.1, 0.15) is 79.2 Å². The van der Waals surface area contributed by atoms with E-state index in [1.807, 2.05) is 4.90 Å². The molecule has 2 amide bonds. The summed E-state index contributed by atoms with van der Waals surface area (Å²) in [6.45, 7) is 11.5. The lowest BCUT2D eigenvalue weighted by Crippen LogP contribution is -2.57. The second-order valence-corrected chi connectivity index (χ2v) is 20.1. The Labute approximate surface area is 360 Å². The fourth-order valence-electron chi connectivity index (χ4n) is 9.14. The van der Waals surface area contributed by atoms with Crippen LogP contribution >= 0.6 is 33.9 Å². The third kappa shape index (κ3) is 8.01. The molecule has 2 aromatic carbocycles. The lowest BCUT2D eigenvalue weighted by molar-refractivity contribution is -0.137. The van der Waals surface area contributed by atoms with E-state index in [1.54, 1.807) is 73.9 Å². The highest BCUT2D eigenvalue weighted by molar-refractivity contribution is 14.1. The van der Waals surface area contributed by atoms with Gasteiger partial charge in [-0.2, -0.15) is 23.1 Å². The van der Waals surface area contributed by atoms with Crippen LogP contribution in [0, 0.1) is 15.2 Å². The van der Waals surface area contributed by atoms with E-state index in [4.69, 9.17) is 14.2 Å². The van der Waals surface area contributed by atoms with Crippen molar-refractivity contribution in [3.63, 3.8) is 0 Å². The van der Waals surface area contributed by atoms with E-state index >= 15 is 22.0 Å². The number of hydrogen-bond donors (Lipinski definition) is 1. The maximum absolute atomic E-state index is 17.6. The minimum absolute atomic E-state index is 0.0135. The van der Waals surface area contributed by atoms with Crippen LogP contribution < -0.4 is 15.0 Å². The topological polar surface area (TPSA) is 109 Å². The van der Waals surface area contributed by atoms with Crippen molar-refractivity contribution in [2.24, 2.45) is 0 Å². The Bertz CT molecular complexity index is 2370. The molecule has 60 heavy (non-hydrogen) atoms. The summed E-state index contributed by atoms with van der Waals surface area (Å²) in [5, 5.41) is 2.38. The molecule has 6 heterocycles. The molecular weight excluding hydrogens is 929 g/mol. The van der Waals surface area contributed by atoms with Crippen LogP contribution in [0.2, 0.25) is 0 Å². The Balaban J connectivity index is 1.28. The molecule has 11 nitrogen and oxygen atoms in total. The van der Waals surface area contributed by atoms with Gasteiger partial charge in [0.25, 0.3) is 0 Å². The number of nitrogens with zero attached hydrogens (tertiary/aromatic N) is 5. The summed E-state index contributed by atoms with van der Waals surface area (Å²) in [5.74, 6) is -2.14. The van der Waals surface area contributed by atoms with Gasteiger partial charge in [-0.25, -0.2) is 22.8 Å². The number of anilines is 2. The monoisotopic (exact) mass is 974 g/mol. The first-order valence-electron chi connectivity index (χ1n) is 19.8. The molecule has 0 aliphatic carbocycles. The van der Waals surface area contributed by atoms with Crippen molar-refractivity contribution in [1.29, 1.82) is 0 Å². The Morgan fingerprint density at radius 1 is 1.00 bits per heavy atom. The van der Waals surface area contributed by atoms with Crippen molar-refractivity contribution >= 4 is 77.9 Å². The Kier molecular flexibility index (Phi) is 10.8. The first kappa shape index (κ1) is 42.8. The van der Waals surface area contributed by atoms with Gasteiger partial charge in [-0.15, -0.1) is 11.3 Å². The number of aromatic nitrogens is 2. The normalized spacial score (nSPS) is 23.4. The summed E-state index contributed by atoms with van der Waals surface area (Å²) >= 11 is 2.57. The molecule has 4 aromatic rings. The van der Waals surface area contributed by atoms with Gasteiger partial charge >= 0.3 is 24.4 Å². The van der Waals surface area contributed by atoms with Crippen LogP contribution in [-0.4, -0.2) is 99.7 Å². The number of piperazine rings is 1. The highest BCUT2D eigenvalue weighted by Crippen LogP contribution is 2.50. The van der Waals surface area contributed by atoms with Crippen molar-refractivity contribution in [2.75, 3.05) is 43.0 Å². The third-order valence-corrected chi connectivity index (χ3v) is 14.0. The number of carbonyl (C=O) groups excluding carboxylic acids is 2. The number of thiophene rings is 1. The lowest BCUT2D eigenvalue weighted by atomic mass is 9.93. The zero-order valence-corrected chi connectivity index (χ0v) is 36.8. The van der Waals surface area contributed by atoms with E-state index in [0.29, 0.717) is 25.8 Å². The van der Waals surface area contributed by atoms with Crippen LogP contribution in [-0.2, 0) is 15.7 Å². The Morgan fingerprint density at radius 3 is 2.33 bits per heavy atom. The van der Waals surface area contributed by atoms with Gasteiger partial charge in [-0.05, 0) is 114 Å². The fourth-order valence-corrected chi connectivity index (χ4v) is 11.4. The molecule has 2 unspecified atom stereocenters. The molecule has 0 spiro atoms. The molecule has 4 fully saturated rings. The number of rotatable bonds is 6. The molecule has 4 atom stereocenters. The van der Waals surface area contributed by atoms with E-state index in [-0.39, 0.29) is 86.2 Å². The van der Waals surface area contributed by atoms with E-state index in [1.165, 1.54) is 0 Å². The predicted octanol–water partition coefficient (Wildman–Crippen LogP) is 10.3. The largest absolute Gasteiger partial charge is 0.461 e. The number of amides is 2. The summed E-state index contributed by atoms with van der Waals surface area (Å²) in [7, 11) is 0. The van der Waals surface area contributed by atoms with Crippen molar-refractivity contribution in [2.45, 2.75) is 115 Å². The minimum atomic E-state index is -5.12. The molecule has 0 radical (unpaired) electrons. The summed E-state index contributed by atoms with van der Waals surface area (Å²) in [4.78, 5) is 40.5. The second-order valence-electron chi connectivity index (χ2n) is 18.0. The molecule has 19 heteroatoms. The maximum Gasteiger partial charge on any atom is 0.417 e. The molecule has 4 aliphatic rings. The van der Waals surface area contributed by atoms with Gasteiger partial charge in [0.1, 0.15) is 46.1 Å². The molecule has 2 aromatic heterocycles. The number of fused-ring (bicyclic) bond motifs is 5. The quantitative estimate of drug-likeness (QED) is 0.149. The fraction of sp³-hybridized carbons (Fsp3) is 0.561. The number of nitrogens with one attached hydrogen (secondary N) is 1. The summed E-state index contributed by atoms with van der Waals surface area (Å²) in [6.07, 6.45) is -4.64. The number of hydrogen-bond acceptors (Lipinski definition) is 10. The molecule has 0 saturated carbocycles. The zero-order valence-electron chi connectivity index (χ0n) is 33.9. The van der Waals surface area contributed by atoms with Gasteiger partial charge in [0.15, 0.2) is 5.82 Å². The van der Waals surface area contributed by atoms with Gasteiger partial charge in [0, 0.05) is 42.4 Å². The molecule has 4 saturated heterocycles. The average Bonchev–Trinajstić information content (AvgIpc) is 3.84.